The second kappa shape index (κ2) is 3.26. The van der Waals surface area contributed by atoms with Crippen LogP contribution in [-0.4, -0.2) is 41.1 Å². The third-order valence-corrected chi connectivity index (χ3v) is 3.70. The van der Waals surface area contributed by atoms with Gasteiger partial charge in [-0.15, -0.1) is 0 Å². The third kappa shape index (κ3) is 1.33. The molecule has 2 aliphatic rings. The van der Waals surface area contributed by atoms with E-state index in [-0.39, 0.29) is 12.1 Å². The molecule has 2 atom stereocenters. The molecule has 3 nitrogen and oxygen atoms in total. The van der Waals surface area contributed by atoms with Crippen LogP contribution in [0.4, 0.5) is 0 Å². The molecule has 2 unspecified atom stereocenters. The fourth-order valence-corrected chi connectivity index (χ4v) is 3.11. The fraction of sp³-hybridized carbons (Fsp3) is 0.875. The van der Waals surface area contributed by atoms with Gasteiger partial charge in [-0.05, 0) is 19.1 Å². The maximum Gasteiger partial charge on any atom is 0.238 e. The number of nitrogens with one attached hydrogen (secondary N) is 1. The summed E-state index contributed by atoms with van der Waals surface area (Å²) >= 11 is 1.95. The first-order chi connectivity index (χ1) is 5.79. The van der Waals surface area contributed by atoms with Gasteiger partial charge in [0, 0.05) is 11.8 Å². The number of carbonyl (C=O) groups excluding carboxylic acids is 1. The summed E-state index contributed by atoms with van der Waals surface area (Å²) in [6, 6.07) is 0.493. The molecule has 2 rings (SSSR count). The molecule has 2 fully saturated rings. The summed E-state index contributed by atoms with van der Waals surface area (Å²) in [6.45, 7) is 2.59. The molecule has 0 aromatic heterocycles. The van der Waals surface area contributed by atoms with Crippen molar-refractivity contribution >= 4 is 17.7 Å². The molecule has 1 N–H and O–H groups in total. The van der Waals surface area contributed by atoms with Crippen LogP contribution in [0.1, 0.15) is 13.3 Å². The summed E-state index contributed by atoms with van der Waals surface area (Å²) < 4.78 is 0. The number of carbonyl (C=O) groups is 1. The highest BCUT2D eigenvalue weighted by Crippen LogP contribution is 2.24. The summed E-state index contributed by atoms with van der Waals surface area (Å²) in [5, 5.41) is 3.16. The van der Waals surface area contributed by atoms with Crippen LogP contribution in [0.15, 0.2) is 0 Å². The topological polar surface area (TPSA) is 32.3 Å². The molecule has 0 radical (unpaired) electrons. The first kappa shape index (κ1) is 8.38. The van der Waals surface area contributed by atoms with Crippen molar-refractivity contribution in [1.29, 1.82) is 0 Å². The van der Waals surface area contributed by atoms with Gasteiger partial charge < -0.3 is 4.90 Å². The zero-order chi connectivity index (χ0) is 8.55. The van der Waals surface area contributed by atoms with E-state index in [0.29, 0.717) is 12.6 Å². The lowest BCUT2D eigenvalue weighted by atomic mass is 10.2. The molecular weight excluding hydrogens is 172 g/mol. The number of amides is 1. The molecule has 2 aliphatic heterocycles. The van der Waals surface area contributed by atoms with E-state index in [2.05, 4.69) is 12.2 Å². The quantitative estimate of drug-likeness (QED) is 0.638. The minimum absolute atomic E-state index is 0.251. The van der Waals surface area contributed by atoms with Gasteiger partial charge in [-0.25, -0.2) is 0 Å². The highest BCUT2D eigenvalue weighted by atomic mass is 32.2. The highest BCUT2D eigenvalue weighted by Gasteiger charge is 2.34. The Morgan fingerprint density at radius 3 is 3.00 bits per heavy atom. The Hall–Kier alpha value is -0.220. The lowest BCUT2D eigenvalue weighted by Gasteiger charge is -2.27. The van der Waals surface area contributed by atoms with Gasteiger partial charge in [0.25, 0.3) is 0 Å². The molecule has 1 amide bonds. The summed E-state index contributed by atoms with van der Waals surface area (Å²) in [4.78, 5) is 13.4. The van der Waals surface area contributed by atoms with Crippen molar-refractivity contribution in [3.8, 4) is 0 Å². The zero-order valence-electron chi connectivity index (χ0n) is 7.25. The highest BCUT2D eigenvalue weighted by molar-refractivity contribution is 7.99. The van der Waals surface area contributed by atoms with Crippen molar-refractivity contribution in [2.75, 3.05) is 18.1 Å². The van der Waals surface area contributed by atoms with Crippen LogP contribution in [0.5, 0.6) is 0 Å². The molecule has 2 saturated heterocycles. The van der Waals surface area contributed by atoms with Gasteiger partial charge in [-0.3, -0.25) is 10.1 Å². The minimum Gasteiger partial charge on any atom is -0.322 e. The van der Waals surface area contributed by atoms with Gasteiger partial charge >= 0.3 is 0 Å². The van der Waals surface area contributed by atoms with Crippen LogP contribution >= 0.6 is 11.8 Å². The first-order valence-electron chi connectivity index (χ1n) is 4.41. The summed E-state index contributed by atoms with van der Waals surface area (Å²) in [6.07, 6.45) is 1.42. The molecule has 2 heterocycles. The van der Waals surface area contributed by atoms with Crippen molar-refractivity contribution in [3.63, 3.8) is 0 Å². The van der Waals surface area contributed by atoms with Crippen LogP contribution in [0, 0.1) is 0 Å². The van der Waals surface area contributed by atoms with E-state index in [1.54, 1.807) is 0 Å². The molecule has 0 aliphatic carbocycles. The van der Waals surface area contributed by atoms with E-state index in [1.165, 1.54) is 12.2 Å². The van der Waals surface area contributed by atoms with Crippen molar-refractivity contribution in [3.05, 3.63) is 0 Å². The predicted molar refractivity (Wildman–Crippen MR) is 50.0 cm³/mol. The van der Waals surface area contributed by atoms with Crippen LogP contribution in [-0.2, 0) is 4.79 Å². The van der Waals surface area contributed by atoms with Crippen molar-refractivity contribution in [1.82, 2.24) is 10.2 Å². The molecule has 12 heavy (non-hydrogen) atoms. The number of thioether (sulfide) groups is 1. The van der Waals surface area contributed by atoms with Crippen molar-refractivity contribution < 1.29 is 4.79 Å². The minimum atomic E-state index is 0.251. The molecule has 0 aromatic carbocycles. The van der Waals surface area contributed by atoms with E-state index in [4.69, 9.17) is 0 Å². The SMILES string of the molecule is CC1NCC(=O)N1C1CCSC1. The van der Waals surface area contributed by atoms with E-state index < -0.39 is 0 Å². The molecular formula is C8H14N2OS. The Morgan fingerprint density at radius 2 is 2.50 bits per heavy atom. The standard InChI is InChI=1S/C8H14N2OS/c1-6-9-4-8(11)10(6)7-2-3-12-5-7/h6-7,9H,2-5H2,1H3. The van der Waals surface area contributed by atoms with Crippen molar-refractivity contribution in [2.24, 2.45) is 0 Å². The second-order valence-corrected chi connectivity index (χ2v) is 4.53. The first-order valence-corrected chi connectivity index (χ1v) is 5.57. The molecule has 4 heteroatoms. The fourth-order valence-electron chi connectivity index (χ4n) is 1.90. The maximum absolute atomic E-state index is 11.4. The second-order valence-electron chi connectivity index (χ2n) is 3.38. The monoisotopic (exact) mass is 186 g/mol. The normalized spacial score (nSPS) is 36.4. The Bertz CT molecular complexity index is 191. The summed E-state index contributed by atoms with van der Waals surface area (Å²) in [5.74, 6) is 2.61. The van der Waals surface area contributed by atoms with Crippen LogP contribution in [0.2, 0.25) is 0 Å². The van der Waals surface area contributed by atoms with E-state index in [0.717, 1.165) is 5.75 Å². The van der Waals surface area contributed by atoms with Crippen LogP contribution in [0.25, 0.3) is 0 Å². The average molecular weight is 186 g/mol. The van der Waals surface area contributed by atoms with E-state index in [9.17, 15) is 4.79 Å². The average Bonchev–Trinajstić information content (AvgIpc) is 2.61. The predicted octanol–water partition coefficient (Wildman–Crippen LogP) is 0.270. The van der Waals surface area contributed by atoms with E-state index in [1.807, 2.05) is 16.7 Å². The molecule has 68 valence electrons. The molecule has 0 saturated carbocycles. The van der Waals surface area contributed by atoms with Crippen molar-refractivity contribution in [2.45, 2.75) is 25.6 Å². The Labute approximate surface area is 76.9 Å². The Morgan fingerprint density at radius 1 is 1.67 bits per heavy atom. The number of nitrogens with zero attached hydrogens (tertiary/aromatic N) is 1. The zero-order valence-corrected chi connectivity index (χ0v) is 8.06. The van der Waals surface area contributed by atoms with Gasteiger partial charge in [-0.1, -0.05) is 0 Å². The van der Waals surface area contributed by atoms with Gasteiger partial charge in [-0.2, -0.15) is 11.8 Å². The molecule has 0 aromatic rings. The van der Waals surface area contributed by atoms with E-state index >= 15 is 0 Å². The van der Waals surface area contributed by atoms with Gasteiger partial charge in [0.1, 0.15) is 0 Å². The Kier molecular flexibility index (Phi) is 2.28. The summed E-state index contributed by atoms with van der Waals surface area (Å²) in [5.41, 5.74) is 0. The largest absolute Gasteiger partial charge is 0.322 e. The molecule has 0 spiro atoms. The number of rotatable bonds is 1. The van der Waals surface area contributed by atoms with Gasteiger partial charge in [0.2, 0.25) is 5.91 Å². The number of hydrogen-bond acceptors (Lipinski definition) is 3. The van der Waals surface area contributed by atoms with Crippen LogP contribution in [0.3, 0.4) is 0 Å². The Balaban J connectivity index is 2.04. The number of hydrogen-bond donors (Lipinski definition) is 1. The molecule has 0 bridgehead atoms. The lowest BCUT2D eigenvalue weighted by Crippen LogP contribution is -2.43. The third-order valence-electron chi connectivity index (χ3n) is 2.55. The summed E-state index contributed by atoms with van der Waals surface area (Å²) in [7, 11) is 0. The van der Waals surface area contributed by atoms with Gasteiger partial charge in [0.15, 0.2) is 0 Å². The van der Waals surface area contributed by atoms with Gasteiger partial charge in [0.05, 0.1) is 12.7 Å². The lowest BCUT2D eigenvalue weighted by molar-refractivity contribution is -0.129. The maximum atomic E-state index is 11.4. The van der Waals surface area contributed by atoms with Crippen LogP contribution < -0.4 is 5.32 Å². The smallest absolute Gasteiger partial charge is 0.238 e.